The zero-order valence-corrected chi connectivity index (χ0v) is 12.2. The largest absolute Gasteiger partial charge is 0.313 e. The lowest BCUT2D eigenvalue weighted by molar-refractivity contribution is 0.184. The number of nitrogens with one attached hydrogen (secondary N) is 1. The van der Waals surface area contributed by atoms with E-state index in [1.165, 1.54) is 50.9 Å². The molecule has 2 aliphatic rings. The molecule has 2 unspecified atom stereocenters. The van der Waals surface area contributed by atoms with Gasteiger partial charge >= 0.3 is 0 Å². The van der Waals surface area contributed by atoms with Crippen molar-refractivity contribution in [2.24, 2.45) is 13.0 Å². The van der Waals surface area contributed by atoms with Gasteiger partial charge in [-0.1, -0.05) is 0 Å². The molecule has 106 valence electrons. The molecular formula is C15H26N4. The Labute approximate surface area is 116 Å². The number of hydrogen-bond acceptors (Lipinski definition) is 3. The van der Waals surface area contributed by atoms with Gasteiger partial charge in [-0.25, -0.2) is 0 Å². The Kier molecular flexibility index (Phi) is 3.89. The maximum absolute atomic E-state index is 4.32. The van der Waals surface area contributed by atoms with Crippen LogP contribution in [0.25, 0.3) is 0 Å². The highest BCUT2D eigenvalue weighted by atomic mass is 15.3. The molecule has 2 fully saturated rings. The zero-order chi connectivity index (χ0) is 13.2. The Morgan fingerprint density at radius 3 is 2.84 bits per heavy atom. The second-order valence-electron chi connectivity index (χ2n) is 6.31. The molecule has 19 heavy (non-hydrogen) atoms. The van der Waals surface area contributed by atoms with Crippen molar-refractivity contribution in [3.05, 3.63) is 18.0 Å². The first-order valence-corrected chi connectivity index (χ1v) is 7.68. The van der Waals surface area contributed by atoms with Crippen LogP contribution in [0.5, 0.6) is 0 Å². The normalized spacial score (nSPS) is 25.1. The molecule has 4 nitrogen and oxygen atoms in total. The molecule has 0 radical (unpaired) electrons. The molecule has 4 heteroatoms. The summed E-state index contributed by atoms with van der Waals surface area (Å²) in [6.45, 7) is 5.97. The van der Waals surface area contributed by atoms with Crippen LogP contribution < -0.4 is 5.32 Å². The highest BCUT2D eigenvalue weighted by molar-refractivity contribution is 5.10. The van der Waals surface area contributed by atoms with Crippen LogP contribution in [0.1, 0.15) is 44.2 Å². The SMILES string of the molecule is CC(c1cnn(C)c1)N(CC1CC1)CC1CCCN1. The van der Waals surface area contributed by atoms with Crippen LogP contribution in [-0.4, -0.2) is 40.4 Å². The predicted molar refractivity (Wildman–Crippen MR) is 76.9 cm³/mol. The Bertz CT molecular complexity index is 404. The van der Waals surface area contributed by atoms with Gasteiger partial charge in [0.25, 0.3) is 0 Å². The van der Waals surface area contributed by atoms with Gasteiger partial charge in [0.2, 0.25) is 0 Å². The second kappa shape index (κ2) is 5.63. The summed E-state index contributed by atoms with van der Waals surface area (Å²) in [6.07, 6.45) is 9.70. The molecule has 0 bridgehead atoms. The third-order valence-corrected chi connectivity index (χ3v) is 4.56. The summed E-state index contributed by atoms with van der Waals surface area (Å²) < 4.78 is 1.91. The van der Waals surface area contributed by atoms with Gasteiger partial charge < -0.3 is 5.32 Å². The number of nitrogens with zero attached hydrogens (tertiary/aromatic N) is 3. The van der Waals surface area contributed by atoms with Gasteiger partial charge in [0, 0.05) is 44.0 Å². The van der Waals surface area contributed by atoms with Gasteiger partial charge in [0.05, 0.1) is 6.20 Å². The fourth-order valence-corrected chi connectivity index (χ4v) is 3.09. The third kappa shape index (κ3) is 3.37. The summed E-state index contributed by atoms with van der Waals surface area (Å²) in [7, 11) is 2.00. The van der Waals surface area contributed by atoms with Gasteiger partial charge in [0.1, 0.15) is 0 Å². The Morgan fingerprint density at radius 1 is 1.42 bits per heavy atom. The fourth-order valence-electron chi connectivity index (χ4n) is 3.09. The van der Waals surface area contributed by atoms with E-state index in [0.717, 1.165) is 5.92 Å². The van der Waals surface area contributed by atoms with Crippen LogP contribution in [0.4, 0.5) is 0 Å². The minimum atomic E-state index is 0.483. The van der Waals surface area contributed by atoms with E-state index in [4.69, 9.17) is 0 Å². The van der Waals surface area contributed by atoms with E-state index in [1.807, 2.05) is 17.9 Å². The predicted octanol–water partition coefficient (Wildman–Crippen LogP) is 1.95. The van der Waals surface area contributed by atoms with Gasteiger partial charge in [-0.05, 0) is 45.1 Å². The number of aryl methyl sites for hydroxylation is 1. The lowest BCUT2D eigenvalue weighted by Crippen LogP contribution is -2.40. The molecule has 1 N–H and O–H groups in total. The summed E-state index contributed by atoms with van der Waals surface area (Å²) >= 11 is 0. The smallest absolute Gasteiger partial charge is 0.0537 e. The van der Waals surface area contributed by atoms with E-state index in [9.17, 15) is 0 Å². The molecule has 1 saturated carbocycles. The van der Waals surface area contributed by atoms with Gasteiger partial charge in [-0.2, -0.15) is 5.10 Å². The van der Waals surface area contributed by atoms with E-state index in [0.29, 0.717) is 12.1 Å². The van der Waals surface area contributed by atoms with E-state index >= 15 is 0 Å². The van der Waals surface area contributed by atoms with E-state index < -0.39 is 0 Å². The molecule has 3 rings (SSSR count). The van der Waals surface area contributed by atoms with Crippen LogP contribution in [0.15, 0.2) is 12.4 Å². The summed E-state index contributed by atoms with van der Waals surface area (Å²) in [6, 6.07) is 1.18. The molecule has 0 spiro atoms. The molecule has 1 saturated heterocycles. The Balaban J connectivity index is 1.65. The van der Waals surface area contributed by atoms with E-state index in [1.54, 1.807) is 0 Å². The van der Waals surface area contributed by atoms with Crippen molar-refractivity contribution in [3.8, 4) is 0 Å². The number of aromatic nitrogens is 2. The van der Waals surface area contributed by atoms with Crippen molar-refractivity contribution in [2.75, 3.05) is 19.6 Å². The second-order valence-corrected chi connectivity index (χ2v) is 6.31. The van der Waals surface area contributed by atoms with Crippen LogP contribution in [0, 0.1) is 5.92 Å². The summed E-state index contributed by atoms with van der Waals surface area (Å²) in [5.74, 6) is 0.945. The summed E-state index contributed by atoms with van der Waals surface area (Å²) in [5, 5.41) is 7.95. The summed E-state index contributed by atoms with van der Waals surface area (Å²) in [4.78, 5) is 2.66. The quantitative estimate of drug-likeness (QED) is 0.850. The molecule has 1 aromatic heterocycles. The monoisotopic (exact) mass is 262 g/mol. The average molecular weight is 262 g/mol. The van der Waals surface area contributed by atoms with Crippen molar-refractivity contribution >= 4 is 0 Å². The van der Waals surface area contributed by atoms with Crippen LogP contribution in [0.3, 0.4) is 0 Å². The molecule has 1 aliphatic carbocycles. The molecule has 1 aliphatic heterocycles. The molecule has 1 aromatic rings. The van der Waals surface area contributed by atoms with Gasteiger partial charge in [-0.3, -0.25) is 9.58 Å². The first-order valence-electron chi connectivity index (χ1n) is 7.68. The third-order valence-electron chi connectivity index (χ3n) is 4.56. The molecule has 2 heterocycles. The molecule has 2 atom stereocenters. The van der Waals surface area contributed by atoms with Crippen LogP contribution in [-0.2, 0) is 7.05 Å². The highest BCUT2D eigenvalue weighted by Crippen LogP contribution is 2.33. The van der Waals surface area contributed by atoms with Crippen molar-refractivity contribution in [2.45, 2.75) is 44.7 Å². The minimum absolute atomic E-state index is 0.483. The van der Waals surface area contributed by atoms with Crippen LogP contribution >= 0.6 is 0 Å². The first kappa shape index (κ1) is 13.1. The van der Waals surface area contributed by atoms with Gasteiger partial charge in [-0.15, -0.1) is 0 Å². The van der Waals surface area contributed by atoms with Gasteiger partial charge in [0.15, 0.2) is 0 Å². The maximum atomic E-state index is 4.32. The lowest BCUT2D eigenvalue weighted by Gasteiger charge is -2.31. The van der Waals surface area contributed by atoms with Crippen molar-refractivity contribution < 1.29 is 0 Å². The zero-order valence-electron chi connectivity index (χ0n) is 12.2. The minimum Gasteiger partial charge on any atom is -0.313 e. The lowest BCUT2D eigenvalue weighted by atomic mass is 10.1. The van der Waals surface area contributed by atoms with Crippen LogP contribution in [0.2, 0.25) is 0 Å². The highest BCUT2D eigenvalue weighted by Gasteiger charge is 2.29. The standard InChI is InChI=1S/C15H26N4/c1-12(14-8-17-18(2)10-14)19(9-13-5-6-13)11-15-4-3-7-16-15/h8,10,12-13,15-16H,3-7,9,11H2,1-2H3. The van der Waals surface area contributed by atoms with E-state index in [-0.39, 0.29) is 0 Å². The Hall–Kier alpha value is -0.870. The fraction of sp³-hybridized carbons (Fsp3) is 0.800. The molecular weight excluding hydrogens is 236 g/mol. The van der Waals surface area contributed by atoms with E-state index in [2.05, 4.69) is 28.4 Å². The van der Waals surface area contributed by atoms with Crippen molar-refractivity contribution in [1.29, 1.82) is 0 Å². The maximum Gasteiger partial charge on any atom is 0.0537 e. The first-order chi connectivity index (χ1) is 9.22. The van der Waals surface area contributed by atoms with Crippen molar-refractivity contribution in [3.63, 3.8) is 0 Å². The topological polar surface area (TPSA) is 33.1 Å². The number of hydrogen-bond donors (Lipinski definition) is 1. The summed E-state index contributed by atoms with van der Waals surface area (Å²) in [5.41, 5.74) is 1.35. The number of rotatable bonds is 6. The average Bonchev–Trinajstić information content (AvgIpc) is 2.89. The molecule has 0 aromatic carbocycles. The Morgan fingerprint density at radius 2 is 2.26 bits per heavy atom. The molecule has 0 amide bonds. The van der Waals surface area contributed by atoms with Crippen molar-refractivity contribution in [1.82, 2.24) is 20.0 Å².